The summed E-state index contributed by atoms with van der Waals surface area (Å²) < 4.78 is 5.92. The van der Waals surface area contributed by atoms with E-state index in [9.17, 15) is 0 Å². The van der Waals surface area contributed by atoms with Gasteiger partial charge >= 0.3 is 0 Å². The molecule has 3 aromatic rings. The summed E-state index contributed by atoms with van der Waals surface area (Å²) in [6, 6.07) is 15.4. The molecule has 0 amide bonds. The summed E-state index contributed by atoms with van der Waals surface area (Å²) in [5.74, 6) is 1.70. The van der Waals surface area contributed by atoms with Crippen molar-refractivity contribution in [3.05, 3.63) is 64.9 Å². The molecule has 1 aromatic carbocycles. The second kappa shape index (κ2) is 8.38. The van der Waals surface area contributed by atoms with E-state index < -0.39 is 0 Å². The SMILES string of the molecule is Cc1oc(-c2cccs2)nc1CN1CCCC(N(C)Cc2ccccc2)C1. The topological polar surface area (TPSA) is 32.5 Å². The van der Waals surface area contributed by atoms with Crippen LogP contribution in [0.3, 0.4) is 0 Å². The van der Waals surface area contributed by atoms with Crippen LogP contribution < -0.4 is 0 Å². The minimum absolute atomic E-state index is 0.586. The van der Waals surface area contributed by atoms with Crippen LogP contribution in [0.15, 0.2) is 52.3 Å². The van der Waals surface area contributed by atoms with Crippen molar-refractivity contribution in [1.82, 2.24) is 14.8 Å². The van der Waals surface area contributed by atoms with E-state index in [0.717, 1.165) is 48.4 Å². The summed E-state index contributed by atoms with van der Waals surface area (Å²) in [6.45, 7) is 6.13. The summed E-state index contributed by atoms with van der Waals surface area (Å²) in [5.41, 5.74) is 2.45. The monoisotopic (exact) mass is 381 g/mol. The third kappa shape index (κ3) is 4.49. The molecule has 0 radical (unpaired) electrons. The van der Waals surface area contributed by atoms with Crippen molar-refractivity contribution in [2.75, 3.05) is 20.1 Å². The maximum Gasteiger partial charge on any atom is 0.236 e. The fourth-order valence-electron chi connectivity index (χ4n) is 3.83. The Morgan fingerprint density at radius 1 is 1.22 bits per heavy atom. The van der Waals surface area contributed by atoms with E-state index in [1.807, 2.05) is 13.0 Å². The zero-order valence-electron chi connectivity index (χ0n) is 16.1. The number of benzene rings is 1. The maximum absolute atomic E-state index is 5.92. The molecule has 0 saturated carbocycles. The zero-order chi connectivity index (χ0) is 18.6. The summed E-state index contributed by atoms with van der Waals surface area (Å²) in [6.07, 6.45) is 2.50. The van der Waals surface area contributed by atoms with E-state index in [1.165, 1.54) is 18.4 Å². The van der Waals surface area contributed by atoms with Crippen LogP contribution in [-0.2, 0) is 13.1 Å². The smallest absolute Gasteiger partial charge is 0.236 e. The van der Waals surface area contributed by atoms with E-state index >= 15 is 0 Å². The van der Waals surface area contributed by atoms with Gasteiger partial charge in [0.15, 0.2) is 0 Å². The van der Waals surface area contributed by atoms with Gasteiger partial charge in [0.2, 0.25) is 5.89 Å². The van der Waals surface area contributed by atoms with Crippen molar-refractivity contribution < 1.29 is 4.42 Å². The molecule has 3 heterocycles. The Morgan fingerprint density at radius 3 is 2.85 bits per heavy atom. The molecule has 27 heavy (non-hydrogen) atoms. The third-order valence-electron chi connectivity index (χ3n) is 5.38. The number of nitrogens with zero attached hydrogens (tertiary/aromatic N) is 3. The molecule has 4 rings (SSSR count). The van der Waals surface area contributed by atoms with Crippen LogP contribution in [0.4, 0.5) is 0 Å². The molecule has 0 spiro atoms. The molecule has 4 nitrogen and oxygen atoms in total. The lowest BCUT2D eigenvalue weighted by molar-refractivity contribution is 0.106. The van der Waals surface area contributed by atoms with Gasteiger partial charge in [-0.2, -0.15) is 0 Å². The Balaban J connectivity index is 1.38. The highest BCUT2D eigenvalue weighted by atomic mass is 32.1. The Bertz CT molecular complexity index is 844. The van der Waals surface area contributed by atoms with Gasteiger partial charge in [-0.25, -0.2) is 4.98 Å². The average Bonchev–Trinajstić information content (AvgIpc) is 3.33. The summed E-state index contributed by atoms with van der Waals surface area (Å²) in [5, 5.41) is 2.06. The summed E-state index contributed by atoms with van der Waals surface area (Å²) >= 11 is 1.67. The maximum atomic E-state index is 5.92. The van der Waals surface area contributed by atoms with E-state index in [-0.39, 0.29) is 0 Å². The van der Waals surface area contributed by atoms with Gasteiger partial charge in [-0.15, -0.1) is 11.3 Å². The van der Waals surface area contributed by atoms with Crippen LogP contribution in [0.1, 0.15) is 29.9 Å². The fraction of sp³-hybridized carbons (Fsp3) is 0.409. The van der Waals surface area contributed by atoms with Crippen LogP contribution in [0, 0.1) is 6.92 Å². The van der Waals surface area contributed by atoms with Crippen molar-refractivity contribution in [3.8, 4) is 10.8 Å². The number of likely N-dealkylation sites (N-methyl/N-ethyl adjacent to an activating group) is 1. The van der Waals surface area contributed by atoms with Crippen molar-refractivity contribution in [2.45, 2.75) is 38.9 Å². The van der Waals surface area contributed by atoms with Crippen molar-refractivity contribution in [1.29, 1.82) is 0 Å². The molecule has 1 unspecified atom stereocenters. The van der Waals surface area contributed by atoms with Gasteiger partial charge in [-0.3, -0.25) is 9.80 Å². The van der Waals surface area contributed by atoms with Crippen LogP contribution >= 0.6 is 11.3 Å². The van der Waals surface area contributed by atoms with Crippen molar-refractivity contribution in [2.24, 2.45) is 0 Å². The lowest BCUT2D eigenvalue weighted by Gasteiger charge is -2.37. The number of hydrogen-bond acceptors (Lipinski definition) is 5. The molecule has 0 bridgehead atoms. The first kappa shape index (κ1) is 18.4. The number of oxazole rings is 1. The minimum atomic E-state index is 0.586. The van der Waals surface area contributed by atoms with E-state index in [4.69, 9.17) is 9.40 Å². The molecule has 1 fully saturated rings. The second-order valence-electron chi connectivity index (χ2n) is 7.43. The molecule has 1 aliphatic heterocycles. The highest BCUT2D eigenvalue weighted by molar-refractivity contribution is 7.13. The van der Waals surface area contributed by atoms with Gasteiger partial charge in [0, 0.05) is 25.7 Å². The molecular formula is C22H27N3OS. The van der Waals surface area contributed by atoms with Gasteiger partial charge in [-0.1, -0.05) is 36.4 Å². The molecule has 2 aromatic heterocycles. The Labute approximate surface area is 165 Å². The molecule has 5 heteroatoms. The number of rotatable bonds is 6. The van der Waals surface area contributed by atoms with E-state index in [0.29, 0.717) is 6.04 Å². The molecular weight excluding hydrogens is 354 g/mol. The predicted molar refractivity (Wildman–Crippen MR) is 111 cm³/mol. The molecule has 1 saturated heterocycles. The number of thiophene rings is 1. The van der Waals surface area contributed by atoms with Crippen LogP contribution in [0.25, 0.3) is 10.8 Å². The Morgan fingerprint density at radius 2 is 2.07 bits per heavy atom. The highest BCUT2D eigenvalue weighted by Gasteiger charge is 2.25. The molecule has 0 N–H and O–H groups in total. The Kier molecular flexibility index (Phi) is 5.72. The predicted octanol–water partition coefficient (Wildman–Crippen LogP) is 4.81. The number of piperidine rings is 1. The molecule has 1 atom stereocenters. The zero-order valence-corrected chi connectivity index (χ0v) is 16.9. The van der Waals surface area contributed by atoms with Gasteiger partial charge in [0.1, 0.15) is 5.76 Å². The number of hydrogen-bond donors (Lipinski definition) is 0. The summed E-state index contributed by atoms with van der Waals surface area (Å²) in [7, 11) is 2.25. The van der Waals surface area contributed by atoms with Crippen LogP contribution in [-0.4, -0.2) is 41.0 Å². The van der Waals surface area contributed by atoms with Gasteiger partial charge in [0.05, 0.1) is 10.6 Å². The van der Waals surface area contributed by atoms with Gasteiger partial charge in [0.25, 0.3) is 0 Å². The normalized spacial score (nSPS) is 18.3. The lowest BCUT2D eigenvalue weighted by Crippen LogP contribution is -2.45. The fourth-order valence-corrected chi connectivity index (χ4v) is 4.48. The average molecular weight is 382 g/mol. The molecule has 142 valence electrons. The van der Waals surface area contributed by atoms with E-state index in [2.05, 4.69) is 58.6 Å². The quantitative estimate of drug-likeness (QED) is 0.613. The van der Waals surface area contributed by atoms with Crippen molar-refractivity contribution >= 4 is 11.3 Å². The highest BCUT2D eigenvalue weighted by Crippen LogP contribution is 2.27. The largest absolute Gasteiger partial charge is 0.440 e. The van der Waals surface area contributed by atoms with Crippen molar-refractivity contribution in [3.63, 3.8) is 0 Å². The van der Waals surface area contributed by atoms with Gasteiger partial charge in [-0.05, 0) is 50.4 Å². The second-order valence-corrected chi connectivity index (χ2v) is 8.38. The van der Waals surface area contributed by atoms with Crippen LogP contribution in [0.5, 0.6) is 0 Å². The van der Waals surface area contributed by atoms with E-state index in [1.54, 1.807) is 11.3 Å². The first-order valence-electron chi connectivity index (χ1n) is 9.66. The first-order chi connectivity index (χ1) is 13.2. The Hall–Kier alpha value is -1.95. The minimum Gasteiger partial charge on any atom is -0.440 e. The molecule has 1 aliphatic rings. The lowest BCUT2D eigenvalue weighted by atomic mass is 10.0. The van der Waals surface area contributed by atoms with Gasteiger partial charge < -0.3 is 4.42 Å². The standard InChI is InChI=1S/C22H27N3OS/c1-17-20(23-22(26-17)21-11-7-13-27-21)16-25-12-6-10-19(15-25)24(2)14-18-8-4-3-5-9-18/h3-5,7-9,11,13,19H,6,10,12,14-16H2,1-2H3. The number of likely N-dealkylation sites (tertiary alicyclic amines) is 1. The third-order valence-corrected chi connectivity index (χ3v) is 6.23. The first-order valence-corrected chi connectivity index (χ1v) is 10.5. The van der Waals surface area contributed by atoms with Crippen LogP contribution in [0.2, 0.25) is 0 Å². The number of aryl methyl sites for hydroxylation is 1. The number of aromatic nitrogens is 1. The molecule has 0 aliphatic carbocycles. The summed E-state index contributed by atoms with van der Waals surface area (Å²) in [4.78, 5) is 10.9.